The first-order valence-electron chi connectivity index (χ1n) is 13.7. The molecule has 2 aromatic carbocycles. The molecule has 1 saturated heterocycles. The molecule has 5 rings (SSSR count). The first kappa shape index (κ1) is 26.8. The summed E-state index contributed by atoms with van der Waals surface area (Å²) in [6.45, 7) is 0.834. The van der Waals surface area contributed by atoms with Crippen LogP contribution in [0.5, 0.6) is 0 Å². The Hall–Kier alpha value is -3.79. The van der Waals surface area contributed by atoms with E-state index in [0.717, 1.165) is 44.0 Å². The number of para-hydroxylation sites is 1. The van der Waals surface area contributed by atoms with E-state index < -0.39 is 12.0 Å². The summed E-state index contributed by atoms with van der Waals surface area (Å²) in [6.07, 6.45) is 6.71. The summed E-state index contributed by atoms with van der Waals surface area (Å²) in [5.74, 6) is -0.959. The number of hydrogen-bond acceptors (Lipinski definition) is 7. The summed E-state index contributed by atoms with van der Waals surface area (Å²) in [5, 5.41) is 11.6. The van der Waals surface area contributed by atoms with Crippen LogP contribution in [0.2, 0.25) is 0 Å². The Balaban J connectivity index is 1.48. The molecule has 1 aromatic heterocycles. The number of amides is 2. The van der Waals surface area contributed by atoms with Crippen molar-refractivity contribution >= 4 is 28.8 Å². The van der Waals surface area contributed by atoms with Gasteiger partial charge in [0, 0.05) is 19.2 Å². The van der Waals surface area contributed by atoms with Crippen molar-refractivity contribution in [3.8, 4) is 0 Å². The van der Waals surface area contributed by atoms with Crippen molar-refractivity contribution in [2.75, 3.05) is 20.3 Å². The number of rotatable bonds is 9. The highest BCUT2D eigenvalue weighted by Crippen LogP contribution is 2.27. The van der Waals surface area contributed by atoms with Crippen LogP contribution in [0.4, 0.5) is 0 Å². The minimum atomic E-state index is -0.898. The summed E-state index contributed by atoms with van der Waals surface area (Å²) in [6, 6.07) is 13.3. The van der Waals surface area contributed by atoms with Crippen molar-refractivity contribution in [1.82, 2.24) is 25.2 Å². The minimum Gasteiger partial charge on any atom is -0.465 e. The van der Waals surface area contributed by atoms with E-state index in [0.29, 0.717) is 23.3 Å². The Morgan fingerprint density at radius 1 is 1.05 bits per heavy atom. The lowest BCUT2D eigenvalue weighted by Gasteiger charge is -2.34. The van der Waals surface area contributed by atoms with Gasteiger partial charge in [0.2, 0.25) is 11.8 Å². The lowest BCUT2D eigenvalue weighted by molar-refractivity contribution is -0.143. The quantitative estimate of drug-likeness (QED) is 0.419. The van der Waals surface area contributed by atoms with Crippen LogP contribution in [-0.2, 0) is 25.6 Å². The zero-order valence-corrected chi connectivity index (χ0v) is 22.3. The number of carbonyl (C=O) groups excluding carboxylic acids is 3. The maximum absolute atomic E-state index is 14.0. The molecule has 0 spiro atoms. The molecule has 10 heteroatoms. The highest BCUT2D eigenvalue weighted by molar-refractivity contribution is 5.91. The van der Waals surface area contributed by atoms with E-state index in [1.807, 2.05) is 24.3 Å². The highest BCUT2D eigenvalue weighted by Gasteiger charge is 2.35. The van der Waals surface area contributed by atoms with Crippen LogP contribution in [0.1, 0.15) is 66.9 Å². The van der Waals surface area contributed by atoms with Gasteiger partial charge in [0.15, 0.2) is 0 Å². The van der Waals surface area contributed by atoms with Crippen LogP contribution < -0.4 is 5.32 Å². The van der Waals surface area contributed by atoms with Gasteiger partial charge in [-0.1, -0.05) is 48.7 Å². The fourth-order valence-corrected chi connectivity index (χ4v) is 5.53. The third-order valence-electron chi connectivity index (χ3n) is 7.61. The van der Waals surface area contributed by atoms with Gasteiger partial charge in [-0.05, 0) is 55.5 Å². The van der Waals surface area contributed by atoms with Crippen LogP contribution >= 0.6 is 0 Å². The van der Waals surface area contributed by atoms with Crippen molar-refractivity contribution in [2.45, 2.75) is 69.7 Å². The van der Waals surface area contributed by atoms with E-state index in [1.165, 1.54) is 13.5 Å². The topological polar surface area (TPSA) is 116 Å². The van der Waals surface area contributed by atoms with Crippen LogP contribution in [-0.4, -0.2) is 70.1 Å². The maximum atomic E-state index is 14.0. The fraction of sp³-hybridized carbons (Fsp3) is 0.483. The molecule has 3 aromatic rings. The first-order chi connectivity index (χ1) is 19.0. The predicted octanol–water partition coefficient (Wildman–Crippen LogP) is 3.42. The lowest BCUT2D eigenvalue weighted by Crippen LogP contribution is -2.50. The van der Waals surface area contributed by atoms with Gasteiger partial charge < -0.3 is 19.7 Å². The second kappa shape index (κ2) is 12.4. The molecule has 10 nitrogen and oxygen atoms in total. The molecule has 1 aliphatic heterocycles. The number of benzene rings is 2. The maximum Gasteiger partial charge on any atom is 0.337 e. The Labute approximate surface area is 227 Å². The third-order valence-corrected chi connectivity index (χ3v) is 7.61. The van der Waals surface area contributed by atoms with Gasteiger partial charge in [-0.25, -0.2) is 9.48 Å². The molecule has 206 valence electrons. The minimum absolute atomic E-state index is 0.0688. The fourth-order valence-electron chi connectivity index (χ4n) is 5.53. The highest BCUT2D eigenvalue weighted by atomic mass is 16.5. The van der Waals surface area contributed by atoms with Gasteiger partial charge in [0.05, 0.1) is 24.3 Å². The molecule has 39 heavy (non-hydrogen) atoms. The van der Waals surface area contributed by atoms with E-state index in [1.54, 1.807) is 33.8 Å². The van der Waals surface area contributed by atoms with Crippen molar-refractivity contribution in [3.63, 3.8) is 0 Å². The van der Waals surface area contributed by atoms with Gasteiger partial charge in [-0.15, -0.1) is 5.10 Å². The van der Waals surface area contributed by atoms with Gasteiger partial charge in [0.25, 0.3) is 0 Å². The number of ether oxygens (including phenoxy) is 2. The smallest absolute Gasteiger partial charge is 0.337 e. The molecule has 2 aliphatic rings. The summed E-state index contributed by atoms with van der Waals surface area (Å²) in [4.78, 5) is 41.6. The Bertz CT molecular complexity index is 1290. The molecule has 2 amide bonds. The van der Waals surface area contributed by atoms with Gasteiger partial charge in [-0.3, -0.25) is 9.59 Å². The lowest BCUT2D eigenvalue weighted by atomic mass is 9.94. The SMILES string of the molecule is COC(=O)c1ccc(C(C(=O)NC2CCCCC2)N(CC2CCCO2)C(=O)Cn2nnc3ccccc32)cc1. The van der Waals surface area contributed by atoms with Crippen molar-refractivity contribution in [1.29, 1.82) is 0 Å². The summed E-state index contributed by atoms with van der Waals surface area (Å²) < 4.78 is 12.3. The van der Waals surface area contributed by atoms with E-state index in [-0.39, 0.29) is 37.0 Å². The second-order valence-electron chi connectivity index (χ2n) is 10.3. The summed E-state index contributed by atoms with van der Waals surface area (Å²) in [7, 11) is 1.33. The second-order valence-corrected chi connectivity index (χ2v) is 10.3. The zero-order valence-electron chi connectivity index (χ0n) is 22.3. The average Bonchev–Trinajstić information content (AvgIpc) is 3.63. The number of fused-ring (bicyclic) bond motifs is 1. The summed E-state index contributed by atoms with van der Waals surface area (Å²) in [5.41, 5.74) is 2.43. The zero-order chi connectivity index (χ0) is 27.2. The standard InChI is InChI=1S/C29H35N5O5/c1-38-29(37)21-15-13-20(14-16-21)27(28(36)30-22-8-3-2-4-9-22)33(18-23-10-7-17-39-23)26(35)19-34-25-12-6-5-11-24(25)31-32-34/h5-6,11-16,22-23,27H,2-4,7-10,17-19H2,1H3,(H,30,36). The van der Waals surface area contributed by atoms with Gasteiger partial charge >= 0.3 is 5.97 Å². The van der Waals surface area contributed by atoms with Gasteiger partial charge in [-0.2, -0.15) is 0 Å². The van der Waals surface area contributed by atoms with E-state index in [2.05, 4.69) is 15.6 Å². The molecule has 2 atom stereocenters. The summed E-state index contributed by atoms with van der Waals surface area (Å²) >= 11 is 0. The molecular formula is C29H35N5O5. The molecule has 2 fully saturated rings. The third kappa shape index (κ3) is 6.27. The molecule has 0 bridgehead atoms. The number of nitrogens with one attached hydrogen (secondary N) is 1. The van der Waals surface area contributed by atoms with Crippen LogP contribution in [0, 0.1) is 0 Å². The normalized spacial score (nSPS) is 18.5. The number of aromatic nitrogens is 3. The Morgan fingerprint density at radius 2 is 1.82 bits per heavy atom. The molecule has 1 aliphatic carbocycles. The molecule has 2 heterocycles. The molecule has 2 unspecified atom stereocenters. The van der Waals surface area contributed by atoms with Crippen LogP contribution in [0.3, 0.4) is 0 Å². The van der Waals surface area contributed by atoms with Crippen molar-refractivity contribution in [3.05, 3.63) is 59.7 Å². The van der Waals surface area contributed by atoms with Gasteiger partial charge in [0.1, 0.15) is 18.1 Å². The van der Waals surface area contributed by atoms with Crippen LogP contribution in [0.25, 0.3) is 11.0 Å². The first-order valence-corrected chi connectivity index (χ1v) is 13.7. The molecule has 1 saturated carbocycles. The van der Waals surface area contributed by atoms with Crippen molar-refractivity contribution in [2.24, 2.45) is 0 Å². The van der Waals surface area contributed by atoms with E-state index in [4.69, 9.17) is 9.47 Å². The van der Waals surface area contributed by atoms with E-state index >= 15 is 0 Å². The average molecular weight is 534 g/mol. The number of carbonyl (C=O) groups is 3. The number of hydrogen-bond donors (Lipinski definition) is 1. The van der Waals surface area contributed by atoms with Crippen molar-refractivity contribution < 1.29 is 23.9 Å². The molecule has 0 radical (unpaired) electrons. The Morgan fingerprint density at radius 3 is 2.54 bits per heavy atom. The number of nitrogens with zero attached hydrogens (tertiary/aromatic N) is 4. The largest absolute Gasteiger partial charge is 0.465 e. The predicted molar refractivity (Wildman–Crippen MR) is 144 cm³/mol. The van der Waals surface area contributed by atoms with Crippen LogP contribution in [0.15, 0.2) is 48.5 Å². The monoisotopic (exact) mass is 533 g/mol. The van der Waals surface area contributed by atoms with E-state index in [9.17, 15) is 14.4 Å². The number of esters is 1. The molecular weight excluding hydrogens is 498 g/mol. The Kier molecular flexibility index (Phi) is 8.51. The molecule has 1 N–H and O–H groups in total. The number of methoxy groups -OCH3 is 1.